The molecule has 0 spiro atoms. The third-order valence-corrected chi connectivity index (χ3v) is 3.39. The van der Waals surface area contributed by atoms with Gasteiger partial charge in [0.2, 0.25) is 5.91 Å². The van der Waals surface area contributed by atoms with Gasteiger partial charge in [-0.15, -0.1) is 11.3 Å². The van der Waals surface area contributed by atoms with Crippen molar-refractivity contribution in [1.82, 2.24) is 15.6 Å². The summed E-state index contributed by atoms with van der Waals surface area (Å²) in [5.74, 6) is -0.0378. The van der Waals surface area contributed by atoms with Gasteiger partial charge in [-0.05, 0) is 6.92 Å². The fourth-order valence-corrected chi connectivity index (χ4v) is 2.33. The molecule has 1 atom stereocenters. The first-order valence-electron chi connectivity index (χ1n) is 5.77. The maximum Gasteiger partial charge on any atom is 0.250 e. The molecule has 1 aliphatic heterocycles. The topological polar surface area (TPSA) is 63.2 Å². The van der Waals surface area contributed by atoms with Crippen LogP contribution in [0.2, 0.25) is 0 Å². The van der Waals surface area contributed by atoms with Crippen molar-refractivity contribution in [3.8, 4) is 0 Å². The van der Waals surface area contributed by atoms with Gasteiger partial charge in [0.1, 0.15) is 6.10 Å². The summed E-state index contributed by atoms with van der Waals surface area (Å²) in [6.45, 7) is 4.61. The van der Waals surface area contributed by atoms with Gasteiger partial charge in [0.05, 0.1) is 17.3 Å². The van der Waals surface area contributed by atoms with Crippen LogP contribution in [0.1, 0.15) is 10.7 Å². The number of aromatic nitrogens is 1. The van der Waals surface area contributed by atoms with Crippen molar-refractivity contribution in [2.75, 3.05) is 26.2 Å². The van der Waals surface area contributed by atoms with E-state index in [2.05, 4.69) is 15.6 Å². The Balaban J connectivity index is 1.69. The zero-order valence-electron chi connectivity index (χ0n) is 9.86. The van der Waals surface area contributed by atoms with E-state index in [0.717, 1.165) is 23.7 Å². The number of ether oxygens (including phenoxy) is 1. The lowest BCUT2D eigenvalue weighted by molar-refractivity contribution is -0.134. The first kappa shape index (κ1) is 12.5. The molecule has 1 amide bonds. The first-order chi connectivity index (χ1) is 8.25. The number of carbonyl (C=O) groups is 1. The van der Waals surface area contributed by atoms with Gasteiger partial charge in [-0.2, -0.15) is 0 Å². The highest BCUT2D eigenvalue weighted by Crippen LogP contribution is 2.07. The number of rotatable bonds is 4. The second-order valence-electron chi connectivity index (χ2n) is 3.96. The average Bonchev–Trinajstić information content (AvgIpc) is 2.76. The Bertz CT molecular complexity index is 375. The van der Waals surface area contributed by atoms with E-state index in [1.807, 2.05) is 12.3 Å². The molecule has 1 aliphatic rings. The number of morpholine rings is 1. The second-order valence-corrected chi connectivity index (χ2v) is 5.02. The molecular weight excluding hydrogens is 238 g/mol. The third kappa shape index (κ3) is 3.76. The normalized spacial score (nSPS) is 20.2. The van der Waals surface area contributed by atoms with Crippen LogP contribution >= 0.6 is 11.3 Å². The largest absolute Gasteiger partial charge is 0.366 e. The molecule has 6 heteroatoms. The molecule has 1 aromatic heterocycles. The fraction of sp³-hybridized carbons (Fsp3) is 0.636. The molecule has 0 aromatic carbocycles. The second kappa shape index (κ2) is 6.09. The van der Waals surface area contributed by atoms with Crippen LogP contribution in [-0.4, -0.2) is 43.2 Å². The number of carbonyl (C=O) groups excluding carboxylic acids is 1. The molecule has 2 heterocycles. The number of thiazole rings is 1. The van der Waals surface area contributed by atoms with E-state index in [1.54, 1.807) is 11.3 Å². The van der Waals surface area contributed by atoms with Crippen molar-refractivity contribution < 1.29 is 9.53 Å². The summed E-state index contributed by atoms with van der Waals surface area (Å²) in [7, 11) is 0. The molecule has 2 rings (SSSR count). The van der Waals surface area contributed by atoms with Crippen LogP contribution in [0.3, 0.4) is 0 Å². The minimum Gasteiger partial charge on any atom is -0.366 e. The number of aryl methyl sites for hydroxylation is 1. The Morgan fingerprint density at radius 2 is 2.65 bits per heavy atom. The number of hydrogen-bond acceptors (Lipinski definition) is 5. The minimum absolute atomic E-state index is 0.0378. The van der Waals surface area contributed by atoms with Crippen LogP contribution < -0.4 is 10.6 Å². The Kier molecular flexibility index (Phi) is 4.47. The Morgan fingerprint density at radius 3 is 3.29 bits per heavy atom. The predicted molar refractivity (Wildman–Crippen MR) is 66.2 cm³/mol. The van der Waals surface area contributed by atoms with Gasteiger partial charge in [-0.25, -0.2) is 4.98 Å². The molecule has 1 saturated heterocycles. The van der Waals surface area contributed by atoms with E-state index in [4.69, 9.17) is 4.74 Å². The van der Waals surface area contributed by atoms with Gasteiger partial charge in [0, 0.05) is 31.4 Å². The van der Waals surface area contributed by atoms with Crippen molar-refractivity contribution >= 4 is 17.2 Å². The molecule has 94 valence electrons. The highest BCUT2D eigenvalue weighted by molar-refractivity contribution is 7.09. The van der Waals surface area contributed by atoms with E-state index in [1.165, 1.54) is 0 Å². The Hall–Kier alpha value is -0.980. The summed E-state index contributed by atoms with van der Waals surface area (Å²) in [4.78, 5) is 16.0. The van der Waals surface area contributed by atoms with Gasteiger partial charge in [0.25, 0.3) is 0 Å². The summed E-state index contributed by atoms with van der Waals surface area (Å²) in [5.41, 5.74) is 1.04. The molecule has 1 aromatic rings. The van der Waals surface area contributed by atoms with Crippen LogP contribution in [0.25, 0.3) is 0 Å². The summed E-state index contributed by atoms with van der Waals surface area (Å²) in [5, 5.41) is 9.09. The van der Waals surface area contributed by atoms with Gasteiger partial charge in [-0.3, -0.25) is 4.79 Å². The zero-order valence-corrected chi connectivity index (χ0v) is 10.7. The smallest absolute Gasteiger partial charge is 0.250 e. The van der Waals surface area contributed by atoms with E-state index >= 15 is 0 Å². The van der Waals surface area contributed by atoms with Crippen molar-refractivity contribution in [2.24, 2.45) is 0 Å². The maximum absolute atomic E-state index is 11.7. The molecule has 17 heavy (non-hydrogen) atoms. The van der Waals surface area contributed by atoms with Crippen molar-refractivity contribution in [2.45, 2.75) is 19.4 Å². The van der Waals surface area contributed by atoms with Crippen LogP contribution in [0.4, 0.5) is 0 Å². The maximum atomic E-state index is 11.7. The molecule has 1 fully saturated rings. The number of hydrogen-bond donors (Lipinski definition) is 2. The van der Waals surface area contributed by atoms with Gasteiger partial charge >= 0.3 is 0 Å². The lowest BCUT2D eigenvalue weighted by Crippen LogP contribution is -2.48. The highest BCUT2D eigenvalue weighted by Gasteiger charge is 2.20. The number of nitrogens with zero attached hydrogens (tertiary/aromatic N) is 1. The van der Waals surface area contributed by atoms with Crippen molar-refractivity contribution in [1.29, 1.82) is 0 Å². The molecule has 0 bridgehead atoms. The van der Waals surface area contributed by atoms with E-state index in [9.17, 15) is 4.79 Å². The molecular formula is C11H17N3O2S. The first-order valence-corrected chi connectivity index (χ1v) is 6.65. The van der Waals surface area contributed by atoms with Gasteiger partial charge in [-0.1, -0.05) is 0 Å². The van der Waals surface area contributed by atoms with E-state index < -0.39 is 0 Å². The fourth-order valence-electron chi connectivity index (χ4n) is 1.68. The highest BCUT2D eigenvalue weighted by atomic mass is 32.1. The van der Waals surface area contributed by atoms with E-state index in [0.29, 0.717) is 19.7 Å². The summed E-state index contributed by atoms with van der Waals surface area (Å²) in [6.07, 6.45) is 0.428. The predicted octanol–water partition coefficient (Wildman–Crippen LogP) is 0.0986. The molecule has 2 N–H and O–H groups in total. The van der Waals surface area contributed by atoms with E-state index in [-0.39, 0.29) is 12.0 Å². The lowest BCUT2D eigenvalue weighted by Gasteiger charge is -2.22. The minimum atomic E-state index is -0.346. The SMILES string of the molecule is Cc1nc(CCNC(=O)C2CNCCO2)cs1. The molecule has 5 nitrogen and oxygen atoms in total. The molecule has 0 radical (unpaired) electrons. The standard InChI is InChI=1S/C11H17N3O2S/c1-8-14-9(7-17-8)2-3-13-11(15)10-6-12-4-5-16-10/h7,10,12H,2-6H2,1H3,(H,13,15). The van der Waals surface area contributed by atoms with Crippen molar-refractivity contribution in [3.63, 3.8) is 0 Å². The quantitative estimate of drug-likeness (QED) is 0.801. The summed E-state index contributed by atoms with van der Waals surface area (Å²) in [6, 6.07) is 0. The number of amides is 1. The lowest BCUT2D eigenvalue weighted by atomic mass is 10.2. The van der Waals surface area contributed by atoms with Crippen molar-refractivity contribution in [3.05, 3.63) is 16.1 Å². The van der Waals surface area contributed by atoms with Gasteiger partial charge in [0.15, 0.2) is 0 Å². The van der Waals surface area contributed by atoms with Crippen LogP contribution in [0.5, 0.6) is 0 Å². The summed E-state index contributed by atoms with van der Waals surface area (Å²) < 4.78 is 5.36. The summed E-state index contributed by atoms with van der Waals surface area (Å²) >= 11 is 1.63. The van der Waals surface area contributed by atoms with Crippen LogP contribution in [-0.2, 0) is 16.0 Å². The molecule has 0 saturated carbocycles. The molecule has 0 aliphatic carbocycles. The Labute approximate surface area is 105 Å². The Morgan fingerprint density at radius 1 is 1.76 bits per heavy atom. The van der Waals surface area contributed by atoms with Gasteiger partial charge < -0.3 is 15.4 Å². The third-order valence-electron chi connectivity index (χ3n) is 2.57. The molecule has 1 unspecified atom stereocenters. The van der Waals surface area contributed by atoms with Crippen LogP contribution in [0, 0.1) is 6.92 Å². The number of nitrogens with one attached hydrogen (secondary N) is 2. The zero-order chi connectivity index (χ0) is 12.1. The monoisotopic (exact) mass is 255 g/mol. The van der Waals surface area contributed by atoms with Crippen LogP contribution in [0.15, 0.2) is 5.38 Å². The average molecular weight is 255 g/mol.